The van der Waals surface area contributed by atoms with E-state index >= 15 is 0 Å². The fourth-order valence-electron chi connectivity index (χ4n) is 4.47. The van der Waals surface area contributed by atoms with E-state index in [2.05, 4.69) is 0 Å². The summed E-state index contributed by atoms with van der Waals surface area (Å²) in [7, 11) is 0. The molecular weight excluding hydrogens is 516 g/mol. The molecule has 39 heavy (non-hydrogen) atoms. The monoisotopic (exact) mass is 538 g/mol. The molecule has 1 atom stereocenters. The van der Waals surface area contributed by atoms with Gasteiger partial charge in [-0.05, 0) is 61.0 Å². The van der Waals surface area contributed by atoms with Crippen molar-refractivity contribution in [3.05, 3.63) is 146 Å². The standard InChI is InChI=1S/C30H23ClN4O4/c1-20(28-32-27-10-6-5-9-26(27)30(37)34(28)24-17-13-23(31)14-18-24)33(19-21-7-3-2-4-8-21)29(36)22-11-15-25(16-12-22)35(38)39/h2-18,20H,19H2,1H3. The van der Waals surface area contributed by atoms with E-state index in [4.69, 9.17) is 16.6 Å². The first-order valence-electron chi connectivity index (χ1n) is 12.2. The fraction of sp³-hybridized carbons (Fsp3) is 0.100. The van der Waals surface area contributed by atoms with E-state index in [1.807, 2.05) is 37.3 Å². The van der Waals surface area contributed by atoms with Gasteiger partial charge in [0.25, 0.3) is 17.2 Å². The van der Waals surface area contributed by atoms with E-state index < -0.39 is 11.0 Å². The van der Waals surface area contributed by atoms with Crippen LogP contribution in [0.4, 0.5) is 5.69 Å². The van der Waals surface area contributed by atoms with Crippen LogP contribution in [0.2, 0.25) is 5.02 Å². The number of hydrogen-bond acceptors (Lipinski definition) is 5. The lowest BCUT2D eigenvalue weighted by Crippen LogP contribution is -2.37. The van der Waals surface area contributed by atoms with E-state index in [1.54, 1.807) is 53.4 Å². The van der Waals surface area contributed by atoms with Gasteiger partial charge < -0.3 is 4.90 Å². The van der Waals surface area contributed by atoms with Gasteiger partial charge in [-0.3, -0.25) is 24.3 Å². The maximum absolute atomic E-state index is 13.9. The van der Waals surface area contributed by atoms with Gasteiger partial charge in [0.15, 0.2) is 0 Å². The number of benzene rings is 4. The van der Waals surface area contributed by atoms with Crippen LogP contribution in [0.5, 0.6) is 0 Å². The third-order valence-corrected chi connectivity index (χ3v) is 6.76. The average Bonchev–Trinajstić information content (AvgIpc) is 2.96. The highest BCUT2D eigenvalue weighted by Gasteiger charge is 2.28. The number of hydrogen-bond donors (Lipinski definition) is 0. The summed E-state index contributed by atoms with van der Waals surface area (Å²) in [5.41, 5.74) is 1.85. The maximum Gasteiger partial charge on any atom is 0.269 e. The highest BCUT2D eigenvalue weighted by Crippen LogP contribution is 2.27. The van der Waals surface area contributed by atoms with E-state index in [9.17, 15) is 19.7 Å². The molecule has 0 aliphatic rings. The van der Waals surface area contributed by atoms with E-state index in [-0.39, 0.29) is 29.3 Å². The first kappa shape index (κ1) is 25.8. The topological polar surface area (TPSA) is 98.3 Å². The van der Waals surface area contributed by atoms with Crippen LogP contribution in [0.3, 0.4) is 0 Å². The van der Waals surface area contributed by atoms with E-state index in [1.165, 1.54) is 28.8 Å². The Kier molecular flexibility index (Phi) is 7.21. The minimum Gasteiger partial charge on any atom is -0.324 e. The van der Waals surface area contributed by atoms with Crippen molar-refractivity contribution in [2.45, 2.75) is 19.5 Å². The van der Waals surface area contributed by atoms with Gasteiger partial charge in [-0.2, -0.15) is 0 Å². The number of non-ortho nitro benzene ring substituents is 1. The van der Waals surface area contributed by atoms with Crippen LogP contribution in [0.15, 0.2) is 108 Å². The lowest BCUT2D eigenvalue weighted by Gasteiger charge is -2.31. The highest BCUT2D eigenvalue weighted by molar-refractivity contribution is 6.30. The van der Waals surface area contributed by atoms with Crippen LogP contribution in [-0.4, -0.2) is 25.3 Å². The van der Waals surface area contributed by atoms with Crippen LogP contribution in [0.1, 0.15) is 34.7 Å². The Balaban J connectivity index is 1.67. The number of fused-ring (bicyclic) bond motifs is 1. The second-order valence-electron chi connectivity index (χ2n) is 9.00. The molecule has 0 aliphatic heterocycles. The summed E-state index contributed by atoms with van der Waals surface area (Å²) in [4.78, 5) is 44.8. The van der Waals surface area contributed by atoms with Crippen LogP contribution in [-0.2, 0) is 6.54 Å². The summed E-state index contributed by atoms with van der Waals surface area (Å²) in [5.74, 6) is 0.0125. The Morgan fingerprint density at radius 1 is 0.949 bits per heavy atom. The summed E-state index contributed by atoms with van der Waals surface area (Å²) in [6, 6.07) is 28.2. The minimum absolute atomic E-state index is 0.109. The molecule has 0 spiro atoms. The molecule has 0 fully saturated rings. The van der Waals surface area contributed by atoms with Crippen molar-refractivity contribution in [2.75, 3.05) is 0 Å². The Hall–Kier alpha value is -4.82. The molecule has 0 saturated carbocycles. The Bertz CT molecular complexity index is 1720. The molecule has 1 amide bonds. The van der Waals surface area contributed by atoms with Gasteiger partial charge in [-0.1, -0.05) is 54.1 Å². The van der Waals surface area contributed by atoms with Crippen molar-refractivity contribution in [3.63, 3.8) is 0 Å². The van der Waals surface area contributed by atoms with Crippen molar-refractivity contribution >= 4 is 34.1 Å². The SMILES string of the molecule is CC(c1nc2ccccc2c(=O)n1-c1ccc(Cl)cc1)N(Cc1ccccc1)C(=O)c1ccc([N+](=O)[O-])cc1. The van der Waals surface area contributed by atoms with Gasteiger partial charge in [0.2, 0.25) is 0 Å². The fourth-order valence-corrected chi connectivity index (χ4v) is 4.59. The normalized spacial score (nSPS) is 11.7. The van der Waals surface area contributed by atoms with Crippen molar-refractivity contribution in [3.8, 4) is 5.69 Å². The molecule has 0 aliphatic carbocycles. The summed E-state index contributed by atoms with van der Waals surface area (Å²) in [6.07, 6.45) is 0. The van der Waals surface area contributed by atoms with E-state index in [0.717, 1.165) is 5.56 Å². The van der Waals surface area contributed by atoms with Crippen LogP contribution < -0.4 is 5.56 Å². The summed E-state index contributed by atoms with van der Waals surface area (Å²) < 4.78 is 1.50. The number of carbonyl (C=O) groups excluding carboxylic acids is 1. The maximum atomic E-state index is 13.9. The molecule has 5 rings (SSSR count). The summed E-state index contributed by atoms with van der Waals surface area (Å²) in [5, 5.41) is 12.1. The average molecular weight is 539 g/mol. The Morgan fingerprint density at radius 2 is 1.59 bits per heavy atom. The highest BCUT2D eigenvalue weighted by atomic mass is 35.5. The number of nitrogens with zero attached hydrogens (tertiary/aromatic N) is 4. The smallest absolute Gasteiger partial charge is 0.269 e. The van der Waals surface area contributed by atoms with Gasteiger partial charge in [-0.25, -0.2) is 4.98 Å². The largest absolute Gasteiger partial charge is 0.324 e. The molecule has 5 aromatic rings. The second kappa shape index (κ2) is 10.9. The molecule has 1 heterocycles. The zero-order valence-electron chi connectivity index (χ0n) is 20.9. The quantitative estimate of drug-likeness (QED) is 0.177. The molecule has 8 nitrogen and oxygen atoms in total. The molecule has 0 radical (unpaired) electrons. The number of amides is 1. The molecule has 1 aromatic heterocycles. The first-order valence-corrected chi connectivity index (χ1v) is 12.6. The second-order valence-corrected chi connectivity index (χ2v) is 9.44. The van der Waals surface area contributed by atoms with Gasteiger partial charge >= 0.3 is 0 Å². The number of aromatic nitrogens is 2. The Morgan fingerprint density at radius 3 is 2.26 bits per heavy atom. The third-order valence-electron chi connectivity index (χ3n) is 6.51. The number of nitro groups is 1. The third kappa shape index (κ3) is 5.28. The molecule has 4 aromatic carbocycles. The van der Waals surface area contributed by atoms with Gasteiger partial charge in [0, 0.05) is 29.3 Å². The number of carbonyl (C=O) groups is 1. The molecule has 9 heteroatoms. The van der Waals surface area contributed by atoms with E-state index in [0.29, 0.717) is 27.4 Å². The predicted octanol–water partition coefficient (Wildman–Crippen LogP) is 6.35. The Labute approximate surface area is 228 Å². The number of nitro benzene ring substituents is 1. The van der Waals surface area contributed by atoms with Crippen LogP contribution in [0.25, 0.3) is 16.6 Å². The van der Waals surface area contributed by atoms with Gasteiger partial charge in [0.1, 0.15) is 5.82 Å². The lowest BCUT2D eigenvalue weighted by atomic mass is 10.1. The van der Waals surface area contributed by atoms with Crippen molar-refractivity contribution in [2.24, 2.45) is 0 Å². The molecular formula is C30H23ClN4O4. The lowest BCUT2D eigenvalue weighted by molar-refractivity contribution is -0.384. The number of halogens is 1. The van der Waals surface area contributed by atoms with Gasteiger partial charge in [-0.15, -0.1) is 0 Å². The molecule has 1 unspecified atom stereocenters. The molecule has 194 valence electrons. The zero-order chi connectivity index (χ0) is 27.5. The van der Waals surface area contributed by atoms with Crippen LogP contribution in [0, 0.1) is 10.1 Å². The molecule has 0 N–H and O–H groups in total. The van der Waals surface area contributed by atoms with Gasteiger partial charge in [0.05, 0.1) is 27.6 Å². The summed E-state index contributed by atoms with van der Waals surface area (Å²) >= 11 is 6.12. The summed E-state index contributed by atoms with van der Waals surface area (Å²) in [6.45, 7) is 2.04. The van der Waals surface area contributed by atoms with Crippen molar-refractivity contribution in [1.82, 2.24) is 14.5 Å². The number of para-hydroxylation sites is 1. The molecule has 0 bridgehead atoms. The first-order chi connectivity index (χ1) is 18.8. The molecule has 0 saturated heterocycles. The van der Waals surface area contributed by atoms with Crippen molar-refractivity contribution in [1.29, 1.82) is 0 Å². The predicted molar refractivity (Wildman–Crippen MR) is 150 cm³/mol. The van der Waals surface area contributed by atoms with Crippen molar-refractivity contribution < 1.29 is 9.72 Å². The minimum atomic E-state index is -0.666. The zero-order valence-corrected chi connectivity index (χ0v) is 21.7. The number of rotatable bonds is 7. The van der Waals surface area contributed by atoms with Crippen LogP contribution >= 0.6 is 11.6 Å².